The van der Waals surface area contributed by atoms with Gasteiger partial charge in [0.05, 0.1) is 12.6 Å². The Labute approximate surface area is 114 Å². The Hall–Kier alpha value is -1.32. The molecule has 1 aliphatic carbocycles. The van der Waals surface area contributed by atoms with Gasteiger partial charge in [-0.2, -0.15) is 5.10 Å². The first kappa shape index (κ1) is 12.7. The maximum absolute atomic E-state index is 12.4. The quantitative estimate of drug-likeness (QED) is 0.835. The molecule has 1 saturated carbocycles. The molecule has 0 aromatic carbocycles. The Morgan fingerprint density at radius 2 is 2.05 bits per heavy atom. The highest BCUT2D eigenvalue weighted by Crippen LogP contribution is 2.29. The van der Waals surface area contributed by atoms with E-state index >= 15 is 0 Å². The number of carbonyl (C=O) groups is 1. The van der Waals surface area contributed by atoms with Gasteiger partial charge in [0, 0.05) is 25.4 Å². The lowest BCUT2D eigenvalue weighted by atomic mass is 10.0. The molecule has 4 nitrogen and oxygen atoms in total. The average Bonchev–Trinajstić information content (AvgIpc) is 3.10. The highest BCUT2D eigenvalue weighted by Gasteiger charge is 2.30. The van der Waals surface area contributed by atoms with Crippen molar-refractivity contribution in [2.24, 2.45) is 5.92 Å². The molecule has 4 heteroatoms. The van der Waals surface area contributed by atoms with Gasteiger partial charge in [-0.25, -0.2) is 0 Å². The summed E-state index contributed by atoms with van der Waals surface area (Å²) in [5.74, 6) is 1.03. The molecule has 1 unspecified atom stereocenters. The van der Waals surface area contributed by atoms with E-state index in [0.717, 1.165) is 32.4 Å². The molecule has 0 spiro atoms. The normalized spacial score (nSPS) is 24.2. The fraction of sp³-hybridized carbons (Fsp3) is 0.733. The molecule has 1 atom stereocenters. The third kappa shape index (κ3) is 2.99. The molecule has 0 N–H and O–H groups in total. The lowest BCUT2D eigenvalue weighted by molar-refractivity contribution is -0.133. The topological polar surface area (TPSA) is 38.1 Å². The van der Waals surface area contributed by atoms with Crippen LogP contribution in [0.5, 0.6) is 0 Å². The number of aromatic nitrogens is 2. The summed E-state index contributed by atoms with van der Waals surface area (Å²) in [7, 11) is 0. The second-order valence-electron chi connectivity index (χ2n) is 5.97. The van der Waals surface area contributed by atoms with E-state index in [9.17, 15) is 4.79 Å². The number of amides is 1. The molecule has 1 aromatic rings. The molecular weight excluding hydrogens is 238 g/mol. The van der Waals surface area contributed by atoms with E-state index in [2.05, 4.69) is 10.00 Å². The fourth-order valence-corrected chi connectivity index (χ4v) is 3.56. The van der Waals surface area contributed by atoms with Gasteiger partial charge >= 0.3 is 0 Å². The number of rotatable bonds is 4. The summed E-state index contributed by atoms with van der Waals surface area (Å²) in [6.45, 7) is 1.79. The maximum Gasteiger partial charge on any atom is 0.223 e. The van der Waals surface area contributed by atoms with E-state index in [1.165, 1.54) is 25.7 Å². The average molecular weight is 261 g/mol. The Morgan fingerprint density at radius 1 is 1.21 bits per heavy atom. The molecule has 19 heavy (non-hydrogen) atoms. The zero-order chi connectivity index (χ0) is 13.1. The molecule has 1 saturated heterocycles. The molecule has 1 amide bonds. The Balaban J connectivity index is 1.57. The minimum absolute atomic E-state index is 0.355. The van der Waals surface area contributed by atoms with Crippen molar-refractivity contribution in [3.63, 3.8) is 0 Å². The highest BCUT2D eigenvalue weighted by atomic mass is 16.2. The molecule has 0 radical (unpaired) electrons. The summed E-state index contributed by atoms with van der Waals surface area (Å²) in [5.41, 5.74) is 0. The summed E-state index contributed by atoms with van der Waals surface area (Å²) in [4.78, 5) is 14.5. The number of nitrogens with zero attached hydrogens (tertiary/aromatic N) is 3. The third-order valence-corrected chi connectivity index (χ3v) is 4.59. The van der Waals surface area contributed by atoms with E-state index in [-0.39, 0.29) is 0 Å². The number of likely N-dealkylation sites (tertiary alicyclic amines) is 1. The van der Waals surface area contributed by atoms with Crippen LogP contribution in [0.3, 0.4) is 0 Å². The van der Waals surface area contributed by atoms with Gasteiger partial charge in [0.1, 0.15) is 0 Å². The van der Waals surface area contributed by atoms with Crippen molar-refractivity contribution in [2.45, 2.75) is 57.5 Å². The van der Waals surface area contributed by atoms with Gasteiger partial charge in [-0.1, -0.05) is 12.8 Å². The van der Waals surface area contributed by atoms with Crippen LogP contribution in [0, 0.1) is 5.92 Å². The maximum atomic E-state index is 12.4. The van der Waals surface area contributed by atoms with Crippen molar-refractivity contribution in [3.05, 3.63) is 18.5 Å². The molecule has 2 aliphatic rings. The van der Waals surface area contributed by atoms with Crippen molar-refractivity contribution < 1.29 is 4.79 Å². The van der Waals surface area contributed by atoms with Crippen molar-refractivity contribution in [1.82, 2.24) is 14.7 Å². The third-order valence-electron chi connectivity index (χ3n) is 4.59. The van der Waals surface area contributed by atoms with Gasteiger partial charge in [0.25, 0.3) is 0 Å². The zero-order valence-electron chi connectivity index (χ0n) is 11.5. The molecule has 1 aromatic heterocycles. The minimum atomic E-state index is 0.355. The van der Waals surface area contributed by atoms with Gasteiger partial charge in [0.2, 0.25) is 5.91 Å². The van der Waals surface area contributed by atoms with Crippen LogP contribution in [0.15, 0.2) is 18.5 Å². The summed E-state index contributed by atoms with van der Waals surface area (Å²) < 4.78 is 1.95. The lowest BCUT2D eigenvalue weighted by Gasteiger charge is -2.26. The standard InChI is InChI=1S/C15H23N3O/c19-15(11-13-5-1-2-6-13)18-10-3-7-14(18)12-17-9-4-8-16-17/h4,8-9,13-14H,1-3,5-7,10-12H2. The fourth-order valence-electron chi connectivity index (χ4n) is 3.56. The van der Waals surface area contributed by atoms with Crippen molar-refractivity contribution in [2.75, 3.05) is 6.54 Å². The van der Waals surface area contributed by atoms with Crippen LogP contribution in [0.4, 0.5) is 0 Å². The van der Waals surface area contributed by atoms with Crippen LogP contribution < -0.4 is 0 Å². The Kier molecular flexibility index (Phi) is 3.85. The molecule has 104 valence electrons. The first-order valence-corrected chi connectivity index (χ1v) is 7.60. The predicted molar refractivity (Wildman–Crippen MR) is 73.5 cm³/mol. The number of hydrogen-bond donors (Lipinski definition) is 0. The van der Waals surface area contributed by atoms with Gasteiger partial charge in [-0.3, -0.25) is 9.48 Å². The molecule has 0 bridgehead atoms. The molecule has 2 heterocycles. The summed E-state index contributed by atoms with van der Waals surface area (Å²) in [6, 6.07) is 2.30. The van der Waals surface area contributed by atoms with Crippen LogP contribution in [0.2, 0.25) is 0 Å². The largest absolute Gasteiger partial charge is 0.338 e. The molecule has 3 rings (SSSR count). The van der Waals surface area contributed by atoms with Crippen LogP contribution in [-0.4, -0.2) is 33.2 Å². The molecular formula is C15H23N3O. The van der Waals surface area contributed by atoms with E-state index < -0.39 is 0 Å². The SMILES string of the molecule is O=C(CC1CCCC1)N1CCCC1Cn1cccn1. The molecule has 1 aliphatic heterocycles. The van der Waals surface area contributed by atoms with E-state index in [4.69, 9.17) is 0 Å². The van der Waals surface area contributed by atoms with Gasteiger partial charge in [-0.15, -0.1) is 0 Å². The van der Waals surface area contributed by atoms with Gasteiger partial charge in [-0.05, 0) is 37.7 Å². The summed E-state index contributed by atoms with van der Waals surface area (Å²) >= 11 is 0. The lowest BCUT2D eigenvalue weighted by Crippen LogP contribution is -2.38. The first-order chi connectivity index (χ1) is 9.33. The summed E-state index contributed by atoms with van der Waals surface area (Å²) in [6.07, 6.45) is 12.0. The number of carbonyl (C=O) groups excluding carboxylic acids is 1. The first-order valence-electron chi connectivity index (χ1n) is 7.60. The van der Waals surface area contributed by atoms with E-state index in [0.29, 0.717) is 17.9 Å². The van der Waals surface area contributed by atoms with Crippen LogP contribution in [0.1, 0.15) is 44.9 Å². The Morgan fingerprint density at radius 3 is 2.79 bits per heavy atom. The number of hydrogen-bond acceptors (Lipinski definition) is 2. The summed E-state index contributed by atoms with van der Waals surface area (Å²) in [5, 5.41) is 4.26. The zero-order valence-corrected chi connectivity index (χ0v) is 11.5. The van der Waals surface area contributed by atoms with E-state index in [1.807, 2.05) is 16.9 Å². The van der Waals surface area contributed by atoms with Crippen molar-refractivity contribution >= 4 is 5.91 Å². The van der Waals surface area contributed by atoms with Crippen molar-refractivity contribution in [3.8, 4) is 0 Å². The van der Waals surface area contributed by atoms with Crippen LogP contribution >= 0.6 is 0 Å². The second-order valence-corrected chi connectivity index (χ2v) is 5.97. The smallest absolute Gasteiger partial charge is 0.223 e. The van der Waals surface area contributed by atoms with E-state index in [1.54, 1.807) is 6.20 Å². The van der Waals surface area contributed by atoms with Crippen molar-refractivity contribution in [1.29, 1.82) is 0 Å². The Bertz CT molecular complexity index is 409. The van der Waals surface area contributed by atoms with Gasteiger partial charge < -0.3 is 4.90 Å². The second kappa shape index (κ2) is 5.76. The molecule has 2 fully saturated rings. The minimum Gasteiger partial charge on any atom is -0.338 e. The highest BCUT2D eigenvalue weighted by molar-refractivity contribution is 5.77. The van der Waals surface area contributed by atoms with Gasteiger partial charge in [0.15, 0.2) is 0 Å². The van der Waals surface area contributed by atoms with Crippen LogP contribution in [-0.2, 0) is 11.3 Å². The predicted octanol–water partition coefficient (Wildman–Crippen LogP) is 2.45. The van der Waals surface area contributed by atoms with Crippen LogP contribution in [0.25, 0.3) is 0 Å². The monoisotopic (exact) mass is 261 g/mol.